The molecule has 0 aliphatic rings. The monoisotopic (exact) mass is 398 g/mol. The van der Waals surface area contributed by atoms with Gasteiger partial charge in [0, 0.05) is 18.2 Å². The number of hydrogen-bond donors (Lipinski definition) is 1. The maximum Gasteiger partial charge on any atom is 0.247 e. The van der Waals surface area contributed by atoms with Crippen LogP contribution in [0.1, 0.15) is 12.5 Å². The summed E-state index contributed by atoms with van der Waals surface area (Å²) in [6.45, 7) is 2.12. The minimum atomic E-state index is -0.308. The molecule has 7 heteroatoms. The molecule has 0 unspecified atom stereocenters. The van der Waals surface area contributed by atoms with E-state index in [2.05, 4.69) is 5.32 Å². The van der Waals surface area contributed by atoms with Crippen molar-refractivity contribution >= 4 is 23.6 Å². The first-order chi connectivity index (χ1) is 14.0. The van der Waals surface area contributed by atoms with E-state index in [1.54, 1.807) is 56.7 Å². The zero-order chi connectivity index (χ0) is 21.2. The number of rotatable bonds is 9. The van der Waals surface area contributed by atoms with E-state index >= 15 is 0 Å². The predicted molar refractivity (Wildman–Crippen MR) is 112 cm³/mol. The third-order valence-electron chi connectivity index (χ3n) is 4.25. The molecular formula is C22H26N2O5. The van der Waals surface area contributed by atoms with Crippen LogP contribution in [0.25, 0.3) is 6.08 Å². The number of amides is 2. The number of para-hydroxylation sites is 2. The summed E-state index contributed by atoms with van der Waals surface area (Å²) in [5.74, 6) is 1.23. The molecule has 0 bridgehead atoms. The lowest BCUT2D eigenvalue weighted by Gasteiger charge is -2.19. The highest BCUT2D eigenvalue weighted by Gasteiger charge is 2.15. The molecule has 0 saturated carbocycles. The molecule has 0 aromatic heterocycles. The molecule has 0 radical (unpaired) electrons. The van der Waals surface area contributed by atoms with E-state index < -0.39 is 0 Å². The standard InChI is InChI=1S/C22H26N2O5/c1-5-24(15-21(25)23-18-8-6-7-9-20(18)29-4)22(26)13-10-16-14-17(27-2)11-12-19(16)28-3/h6-14H,5,15H2,1-4H3,(H,23,25)/b13-10+. The van der Waals surface area contributed by atoms with Crippen LogP contribution in [-0.2, 0) is 9.59 Å². The lowest BCUT2D eigenvalue weighted by Crippen LogP contribution is -2.36. The smallest absolute Gasteiger partial charge is 0.247 e. The fourth-order valence-corrected chi connectivity index (χ4v) is 2.69. The summed E-state index contributed by atoms with van der Waals surface area (Å²) in [6, 6.07) is 12.4. The molecule has 1 N–H and O–H groups in total. The van der Waals surface area contributed by atoms with Crippen LogP contribution in [0.4, 0.5) is 5.69 Å². The van der Waals surface area contributed by atoms with E-state index in [1.165, 1.54) is 18.1 Å². The van der Waals surface area contributed by atoms with Gasteiger partial charge in [0.25, 0.3) is 0 Å². The summed E-state index contributed by atoms with van der Waals surface area (Å²) in [4.78, 5) is 26.4. The fourth-order valence-electron chi connectivity index (χ4n) is 2.69. The van der Waals surface area contributed by atoms with Crippen molar-refractivity contribution in [3.8, 4) is 17.2 Å². The summed E-state index contributed by atoms with van der Waals surface area (Å²) in [5.41, 5.74) is 1.26. The molecule has 0 heterocycles. The Hall–Kier alpha value is -3.48. The van der Waals surface area contributed by atoms with Crippen LogP contribution in [0.15, 0.2) is 48.5 Å². The van der Waals surface area contributed by atoms with Gasteiger partial charge in [0.05, 0.1) is 27.0 Å². The molecule has 29 heavy (non-hydrogen) atoms. The van der Waals surface area contributed by atoms with Gasteiger partial charge < -0.3 is 24.4 Å². The second kappa shape index (κ2) is 10.8. The molecule has 0 fully saturated rings. The lowest BCUT2D eigenvalue weighted by molar-refractivity contribution is -0.130. The number of carbonyl (C=O) groups excluding carboxylic acids is 2. The first-order valence-electron chi connectivity index (χ1n) is 9.14. The van der Waals surface area contributed by atoms with Gasteiger partial charge in [0.15, 0.2) is 0 Å². The normalized spacial score (nSPS) is 10.5. The zero-order valence-electron chi connectivity index (χ0n) is 17.1. The Morgan fingerprint density at radius 1 is 1.00 bits per heavy atom. The highest BCUT2D eigenvalue weighted by Crippen LogP contribution is 2.25. The molecule has 2 aromatic rings. The zero-order valence-corrected chi connectivity index (χ0v) is 17.1. The number of methoxy groups -OCH3 is 3. The Balaban J connectivity index is 2.07. The van der Waals surface area contributed by atoms with E-state index in [-0.39, 0.29) is 18.4 Å². The molecule has 2 amide bonds. The van der Waals surface area contributed by atoms with Crippen LogP contribution in [0.2, 0.25) is 0 Å². The van der Waals surface area contributed by atoms with Crippen LogP contribution in [0.5, 0.6) is 17.2 Å². The van der Waals surface area contributed by atoms with Gasteiger partial charge in [-0.3, -0.25) is 9.59 Å². The Morgan fingerprint density at radius 2 is 1.72 bits per heavy atom. The highest BCUT2D eigenvalue weighted by molar-refractivity contribution is 5.98. The number of hydrogen-bond acceptors (Lipinski definition) is 5. The van der Waals surface area contributed by atoms with Gasteiger partial charge in [-0.1, -0.05) is 12.1 Å². The van der Waals surface area contributed by atoms with E-state index in [4.69, 9.17) is 14.2 Å². The number of likely N-dealkylation sites (N-methyl/N-ethyl adjacent to an activating group) is 1. The van der Waals surface area contributed by atoms with Gasteiger partial charge in [0.2, 0.25) is 11.8 Å². The number of nitrogens with zero attached hydrogens (tertiary/aromatic N) is 1. The first kappa shape index (κ1) is 21.8. The first-order valence-corrected chi connectivity index (χ1v) is 9.14. The summed E-state index contributed by atoms with van der Waals surface area (Å²) < 4.78 is 15.7. The van der Waals surface area contributed by atoms with E-state index in [0.29, 0.717) is 35.0 Å². The van der Waals surface area contributed by atoms with Crippen molar-refractivity contribution < 1.29 is 23.8 Å². The predicted octanol–water partition coefficient (Wildman–Crippen LogP) is 3.21. The summed E-state index contributed by atoms with van der Waals surface area (Å²) in [7, 11) is 4.66. The third kappa shape index (κ3) is 6.00. The van der Waals surface area contributed by atoms with Gasteiger partial charge in [-0.05, 0) is 43.3 Å². The van der Waals surface area contributed by atoms with Crippen molar-refractivity contribution in [2.45, 2.75) is 6.92 Å². The SMILES string of the molecule is CCN(CC(=O)Nc1ccccc1OC)C(=O)/C=C/c1cc(OC)ccc1OC. The fraction of sp³-hybridized carbons (Fsp3) is 0.273. The van der Waals surface area contributed by atoms with Crippen molar-refractivity contribution in [3.63, 3.8) is 0 Å². The van der Waals surface area contributed by atoms with Crippen molar-refractivity contribution in [1.29, 1.82) is 0 Å². The molecule has 0 atom stereocenters. The molecule has 154 valence electrons. The Bertz CT molecular complexity index is 879. The summed E-state index contributed by atoms with van der Waals surface area (Å²) in [5, 5.41) is 2.77. The molecule has 0 aliphatic carbocycles. The second-order valence-electron chi connectivity index (χ2n) is 6.04. The molecule has 0 spiro atoms. The van der Waals surface area contributed by atoms with Crippen LogP contribution in [0, 0.1) is 0 Å². The van der Waals surface area contributed by atoms with Gasteiger partial charge in [0.1, 0.15) is 23.8 Å². The molecule has 7 nitrogen and oxygen atoms in total. The Kier molecular flexibility index (Phi) is 8.09. The van der Waals surface area contributed by atoms with Gasteiger partial charge >= 0.3 is 0 Å². The van der Waals surface area contributed by atoms with Crippen LogP contribution >= 0.6 is 0 Å². The van der Waals surface area contributed by atoms with Crippen molar-refractivity contribution in [3.05, 3.63) is 54.1 Å². The van der Waals surface area contributed by atoms with Crippen molar-refractivity contribution in [1.82, 2.24) is 4.90 Å². The van der Waals surface area contributed by atoms with Gasteiger partial charge in [-0.2, -0.15) is 0 Å². The van der Waals surface area contributed by atoms with Crippen LogP contribution in [0.3, 0.4) is 0 Å². The molecule has 2 rings (SSSR count). The number of benzene rings is 2. The maximum atomic E-state index is 12.6. The quantitative estimate of drug-likeness (QED) is 0.657. The number of ether oxygens (including phenoxy) is 3. The molecular weight excluding hydrogens is 372 g/mol. The largest absolute Gasteiger partial charge is 0.497 e. The van der Waals surface area contributed by atoms with Crippen molar-refractivity contribution in [2.75, 3.05) is 39.7 Å². The number of carbonyl (C=O) groups is 2. The molecule has 0 saturated heterocycles. The number of anilines is 1. The lowest BCUT2D eigenvalue weighted by atomic mass is 10.1. The van der Waals surface area contributed by atoms with E-state index in [9.17, 15) is 9.59 Å². The molecule has 0 aliphatic heterocycles. The summed E-state index contributed by atoms with van der Waals surface area (Å²) in [6.07, 6.45) is 3.06. The minimum absolute atomic E-state index is 0.0764. The maximum absolute atomic E-state index is 12.6. The number of nitrogens with one attached hydrogen (secondary N) is 1. The van der Waals surface area contributed by atoms with Gasteiger partial charge in [-0.25, -0.2) is 0 Å². The third-order valence-corrected chi connectivity index (χ3v) is 4.25. The topological polar surface area (TPSA) is 77.1 Å². The van der Waals surface area contributed by atoms with E-state index in [1.807, 2.05) is 13.0 Å². The molecule has 2 aromatic carbocycles. The average Bonchev–Trinajstić information content (AvgIpc) is 2.75. The van der Waals surface area contributed by atoms with Gasteiger partial charge in [-0.15, -0.1) is 0 Å². The second-order valence-corrected chi connectivity index (χ2v) is 6.04. The van der Waals surface area contributed by atoms with Crippen LogP contribution in [-0.4, -0.2) is 51.1 Å². The Morgan fingerprint density at radius 3 is 2.38 bits per heavy atom. The highest BCUT2D eigenvalue weighted by atomic mass is 16.5. The minimum Gasteiger partial charge on any atom is -0.497 e. The average molecular weight is 398 g/mol. The van der Waals surface area contributed by atoms with Crippen LogP contribution < -0.4 is 19.5 Å². The van der Waals surface area contributed by atoms with E-state index in [0.717, 1.165) is 0 Å². The summed E-state index contributed by atoms with van der Waals surface area (Å²) >= 11 is 0. The Labute approximate surface area is 170 Å². The van der Waals surface area contributed by atoms with Crippen molar-refractivity contribution in [2.24, 2.45) is 0 Å².